The van der Waals surface area contributed by atoms with Crippen LogP contribution in [0.25, 0.3) is 0 Å². The van der Waals surface area contributed by atoms with Crippen LogP contribution in [0.2, 0.25) is 0 Å². The fourth-order valence-corrected chi connectivity index (χ4v) is 4.36. The van der Waals surface area contributed by atoms with Crippen molar-refractivity contribution >= 4 is 55.0 Å². The molecule has 0 atom stereocenters. The largest absolute Gasteiger partial charge is 0.492 e. The Bertz CT molecular complexity index is 1150. The number of nitrogens with one attached hydrogen (secondary N) is 2. The van der Waals surface area contributed by atoms with Crippen LogP contribution in [-0.2, 0) is 0 Å². The Morgan fingerprint density at radius 1 is 0.658 bits per heavy atom. The van der Waals surface area contributed by atoms with Crippen molar-refractivity contribution in [3.8, 4) is 11.5 Å². The Morgan fingerprint density at radius 2 is 1.03 bits per heavy atom. The van der Waals surface area contributed by atoms with Crippen LogP contribution in [0.4, 0.5) is 11.4 Å². The zero-order chi connectivity index (χ0) is 27.7. The fourth-order valence-electron chi connectivity index (χ4n) is 3.37. The summed E-state index contributed by atoms with van der Waals surface area (Å²) < 4.78 is 13.0. The number of carbonyl (C=O) groups excluding carboxylic acids is 2. The van der Waals surface area contributed by atoms with Crippen molar-refractivity contribution in [3.63, 3.8) is 0 Å². The van der Waals surface area contributed by atoms with E-state index in [1.54, 1.807) is 60.7 Å². The smallest absolute Gasteiger partial charge is 0.255 e. The summed E-state index contributed by atoms with van der Waals surface area (Å²) >= 11 is 6.98. The molecule has 3 rings (SSSR count). The number of hydrogen-bond acceptors (Lipinski definition) is 4. The summed E-state index contributed by atoms with van der Waals surface area (Å²) in [5.41, 5.74) is 2.25. The number of ether oxygens (including phenoxy) is 2. The lowest BCUT2D eigenvalue weighted by molar-refractivity contribution is 0.101. The Hall–Kier alpha value is -2.84. The number of halogens is 2. The molecule has 2 N–H and O–H groups in total. The third-order valence-corrected chi connectivity index (χ3v) is 6.93. The highest BCUT2D eigenvalue weighted by Crippen LogP contribution is 2.28. The number of amides is 2. The summed E-state index contributed by atoms with van der Waals surface area (Å²) in [6, 6.07) is 17.5. The number of rotatable bonds is 12. The molecule has 6 nitrogen and oxygen atoms in total. The first kappa shape index (κ1) is 29.7. The minimum Gasteiger partial charge on any atom is -0.492 e. The predicted molar refractivity (Wildman–Crippen MR) is 161 cm³/mol. The summed E-state index contributed by atoms with van der Waals surface area (Å²) in [4.78, 5) is 25.5. The Labute approximate surface area is 241 Å². The van der Waals surface area contributed by atoms with Gasteiger partial charge in [0.1, 0.15) is 11.5 Å². The minimum absolute atomic E-state index is 0.239. The van der Waals surface area contributed by atoms with E-state index in [1.165, 1.54) is 0 Å². The van der Waals surface area contributed by atoms with Gasteiger partial charge in [-0.05, 0) is 117 Å². The molecule has 0 aliphatic rings. The molecule has 8 heteroatoms. The molecule has 0 aliphatic heterocycles. The molecule has 0 unspecified atom stereocenters. The number of benzene rings is 3. The maximum Gasteiger partial charge on any atom is 0.255 e. The molecule has 202 valence electrons. The first-order valence-corrected chi connectivity index (χ1v) is 14.3. The van der Waals surface area contributed by atoms with Gasteiger partial charge >= 0.3 is 0 Å². The van der Waals surface area contributed by atoms with Gasteiger partial charge in [-0.2, -0.15) is 0 Å². The molecule has 0 saturated carbocycles. The molecular weight excluding hydrogens is 612 g/mol. The van der Waals surface area contributed by atoms with Gasteiger partial charge in [0.2, 0.25) is 0 Å². The Balaban J connectivity index is 1.55. The third-order valence-electron chi connectivity index (χ3n) is 5.69. The van der Waals surface area contributed by atoms with Crippen molar-refractivity contribution in [1.29, 1.82) is 0 Å². The summed E-state index contributed by atoms with van der Waals surface area (Å²) in [5.74, 6) is 2.07. The molecule has 0 saturated heterocycles. The zero-order valence-corrected chi connectivity index (χ0v) is 25.3. The highest BCUT2D eigenvalue weighted by molar-refractivity contribution is 9.10. The van der Waals surface area contributed by atoms with Gasteiger partial charge in [-0.25, -0.2) is 0 Å². The van der Waals surface area contributed by atoms with Crippen LogP contribution in [0, 0.1) is 11.8 Å². The molecule has 0 spiro atoms. The van der Waals surface area contributed by atoms with Gasteiger partial charge in [-0.3, -0.25) is 9.59 Å². The summed E-state index contributed by atoms with van der Waals surface area (Å²) in [6.07, 6.45) is 1.92. The molecule has 0 bridgehead atoms. The second kappa shape index (κ2) is 14.4. The molecule has 0 heterocycles. The Morgan fingerprint density at radius 3 is 1.34 bits per heavy atom. The highest BCUT2D eigenvalue weighted by atomic mass is 79.9. The molecule has 0 fully saturated rings. The van der Waals surface area contributed by atoms with E-state index < -0.39 is 0 Å². The van der Waals surface area contributed by atoms with E-state index in [2.05, 4.69) is 70.2 Å². The van der Waals surface area contributed by atoms with E-state index in [0.29, 0.717) is 59.1 Å². The second-order valence-corrected chi connectivity index (χ2v) is 11.5. The molecule has 3 aromatic rings. The van der Waals surface area contributed by atoms with Gasteiger partial charge < -0.3 is 20.1 Å². The van der Waals surface area contributed by atoms with Crippen molar-refractivity contribution in [3.05, 3.63) is 80.7 Å². The van der Waals surface area contributed by atoms with Crippen LogP contribution in [0.5, 0.6) is 11.5 Å². The minimum atomic E-state index is -0.239. The van der Waals surface area contributed by atoms with Crippen LogP contribution in [-0.4, -0.2) is 25.0 Å². The molecular formula is C30H34Br2N2O4. The van der Waals surface area contributed by atoms with Gasteiger partial charge in [0.05, 0.1) is 22.2 Å². The summed E-state index contributed by atoms with van der Waals surface area (Å²) in [7, 11) is 0. The van der Waals surface area contributed by atoms with E-state index >= 15 is 0 Å². The average Bonchev–Trinajstić information content (AvgIpc) is 2.86. The number of carbonyl (C=O) groups is 2. The van der Waals surface area contributed by atoms with Crippen molar-refractivity contribution in [2.24, 2.45) is 11.8 Å². The van der Waals surface area contributed by atoms with Crippen molar-refractivity contribution < 1.29 is 19.1 Å². The molecule has 2 amide bonds. The second-order valence-electron chi connectivity index (χ2n) is 9.84. The first-order chi connectivity index (χ1) is 18.1. The lowest BCUT2D eigenvalue weighted by atomic mass is 10.1. The fraction of sp³-hybridized carbons (Fsp3) is 0.333. The molecule has 38 heavy (non-hydrogen) atoms. The lowest BCUT2D eigenvalue weighted by Gasteiger charge is -2.12. The molecule has 0 radical (unpaired) electrons. The van der Waals surface area contributed by atoms with E-state index in [0.717, 1.165) is 21.8 Å². The zero-order valence-electron chi connectivity index (χ0n) is 22.1. The van der Waals surface area contributed by atoms with E-state index in [-0.39, 0.29) is 11.8 Å². The van der Waals surface area contributed by atoms with Crippen LogP contribution >= 0.6 is 31.9 Å². The third kappa shape index (κ3) is 9.17. The monoisotopic (exact) mass is 644 g/mol. The summed E-state index contributed by atoms with van der Waals surface area (Å²) in [5, 5.41) is 5.76. The van der Waals surface area contributed by atoms with Gasteiger partial charge in [0, 0.05) is 22.5 Å². The van der Waals surface area contributed by atoms with Gasteiger partial charge in [-0.15, -0.1) is 0 Å². The van der Waals surface area contributed by atoms with Crippen molar-refractivity contribution in [2.75, 3.05) is 23.8 Å². The maximum absolute atomic E-state index is 12.7. The predicted octanol–water partition coefficient (Wildman–Crippen LogP) is 8.57. The van der Waals surface area contributed by atoms with Crippen LogP contribution in [0.3, 0.4) is 0 Å². The standard InChI is InChI=1S/C30H34Br2N2O4/c1-19(2)13-15-37-27-11-5-21(17-25(27)31)29(35)33-23-7-9-24(10-8-23)34-30(36)22-6-12-28(26(32)18-22)38-16-14-20(3)4/h5-12,17-20H,13-16H2,1-4H3,(H,33,35)(H,34,36). The van der Waals surface area contributed by atoms with E-state index in [9.17, 15) is 9.59 Å². The van der Waals surface area contributed by atoms with Crippen molar-refractivity contribution in [2.45, 2.75) is 40.5 Å². The van der Waals surface area contributed by atoms with Crippen LogP contribution in [0.15, 0.2) is 69.6 Å². The quantitative estimate of drug-likeness (QED) is 0.207. The Kier molecular flexibility index (Phi) is 11.2. The normalized spacial score (nSPS) is 10.9. The highest BCUT2D eigenvalue weighted by Gasteiger charge is 2.12. The lowest BCUT2D eigenvalue weighted by Crippen LogP contribution is -2.13. The molecule has 0 aliphatic carbocycles. The van der Waals surface area contributed by atoms with Crippen molar-refractivity contribution in [1.82, 2.24) is 0 Å². The topological polar surface area (TPSA) is 76.7 Å². The van der Waals surface area contributed by atoms with E-state index in [4.69, 9.17) is 9.47 Å². The first-order valence-electron chi connectivity index (χ1n) is 12.7. The van der Waals surface area contributed by atoms with Crippen LogP contribution < -0.4 is 20.1 Å². The number of anilines is 2. The van der Waals surface area contributed by atoms with Gasteiger partial charge in [0.15, 0.2) is 0 Å². The molecule has 3 aromatic carbocycles. The van der Waals surface area contributed by atoms with Gasteiger partial charge in [-0.1, -0.05) is 27.7 Å². The SMILES string of the molecule is CC(C)CCOc1ccc(C(=O)Nc2ccc(NC(=O)c3ccc(OCCC(C)C)c(Br)c3)cc2)cc1Br. The summed E-state index contributed by atoms with van der Waals surface area (Å²) in [6.45, 7) is 9.84. The van der Waals surface area contributed by atoms with Gasteiger partial charge in [0.25, 0.3) is 11.8 Å². The average molecular weight is 646 g/mol. The molecule has 0 aromatic heterocycles. The van der Waals surface area contributed by atoms with E-state index in [1.807, 2.05) is 0 Å². The van der Waals surface area contributed by atoms with Crippen LogP contribution in [0.1, 0.15) is 61.3 Å². The number of hydrogen-bond donors (Lipinski definition) is 2. The maximum atomic E-state index is 12.7.